The van der Waals surface area contributed by atoms with Crippen LogP contribution in [0, 0.1) is 18.3 Å². The van der Waals surface area contributed by atoms with E-state index < -0.39 is 0 Å². The largest absolute Gasteiger partial charge is 0.328 e. The highest BCUT2D eigenvalue weighted by atomic mass is 14.6. The minimum Gasteiger partial charge on any atom is -0.328 e. The maximum atomic E-state index is 5.79. The molecule has 0 spiro atoms. The minimum absolute atomic E-state index is 0.478. The van der Waals surface area contributed by atoms with E-state index in [1.165, 1.54) is 32.1 Å². The molecule has 1 aliphatic carbocycles. The lowest BCUT2D eigenvalue weighted by Gasteiger charge is -2.06. The standard InChI is InChI=1S/C10H17N/c1-2-3-4-5-9-6-7-10(11)8-9/h1,9-10H,3-8,11H2. The topological polar surface area (TPSA) is 26.0 Å². The fourth-order valence-electron chi connectivity index (χ4n) is 1.87. The summed E-state index contributed by atoms with van der Waals surface area (Å²) in [5.74, 6) is 3.55. The van der Waals surface area contributed by atoms with Crippen LogP contribution in [0.4, 0.5) is 0 Å². The molecule has 0 amide bonds. The van der Waals surface area contributed by atoms with E-state index >= 15 is 0 Å². The van der Waals surface area contributed by atoms with Crippen molar-refractivity contribution >= 4 is 0 Å². The molecular weight excluding hydrogens is 134 g/mol. The van der Waals surface area contributed by atoms with Gasteiger partial charge in [-0.05, 0) is 38.0 Å². The Bertz CT molecular complexity index is 145. The minimum atomic E-state index is 0.478. The molecule has 0 aromatic rings. The van der Waals surface area contributed by atoms with Crippen molar-refractivity contribution in [2.45, 2.75) is 44.6 Å². The van der Waals surface area contributed by atoms with Gasteiger partial charge in [-0.2, -0.15) is 0 Å². The summed E-state index contributed by atoms with van der Waals surface area (Å²) in [5, 5.41) is 0. The van der Waals surface area contributed by atoms with Crippen LogP contribution in [-0.4, -0.2) is 6.04 Å². The van der Waals surface area contributed by atoms with Crippen molar-refractivity contribution in [2.75, 3.05) is 0 Å². The first-order chi connectivity index (χ1) is 5.33. The summed E-state index contributed by atoms with van der Waals surface area (Å²) in [6, 6.07) is 0.478. The SMILES string of the molecule is C#CCCCC1CCC(N)C1. The lowest BCUT2D eigenvalue weighted by molar-refractivity contribution is 0.480. The molecule has 0 bridgehead atoms. The zero-order valence-corrected chi connectivity index (χ0v) is 7.05. The number of hydrogen-bond acceptors (Lipinski definition) is 1. The predicted octanol–water partition coefficient (Wildman–Crippen LogP) is 1.92. The lowest BCUT2D eigenvalue weighted by Crippen LogP contribution is -2.14. The maximum absolute atomic E-state index is 5.79. The molecule has 0 aromatic carbocycles. The second-order valence-corrected chi connectivity index (χ2v) is 3.54. The molecule has 0 aromatic heterocycles. The molecule has 1 saturated carbocycles. The lowest BCUT2D eigenvalue weighted by atomic mass is 10.0. The third-order valence-electron chi connectivity index (χ3n) is 2.52. The van der Waals surface area contributed by atoms with E-state index in [0.717, 1.165) is 12.3 Å². The van der Waals surface area contributed by atoms with E-state index in [0.29, 0.717) is 6.04 Å². The monoisotopic (exact) mass is 151 g/mol. The zero-order chi connectivity index (χ0) is 8.10. The summed E-state index contributed by atoms with van der Waals surface area (Å²) < 4.78 is 0. The number of unbranched alkanes of at least 4 members (excludes halogenated alkanes) is 1. The van der Waals surface area contributed by atoms with Crippen LogP contribution in [0.2, 0.25) is 0 Å². The molecule has 2 atom stereocenters. The molecule has 1 nitrogen and oxygen atoms in total. The normalized spacial score (nSPS) is 30.2. The number of rotatable bonds is 3. The summed E-state index contributed by atoms with van der Waals surface area (Å²) in [5.41, 5.74) is 5.79. The fraction of sp³-hybridized carbons (Fsp3) is 0.800. The highest BCUT2D eigenvalue weighted by Crippen LogP contribution is 2.28. The number of hydrogen-bond donors (Lipinski definition) is 1. The molecule has 1 rings (SSSR count). The summed E-state index contributed by atoms with van der Waals surface area (Å²) in [7, 11) is 0. The van der Waals surface area contributed by atoms with E-state index in [2.05, 4.69) is 5.92 Å². The van der Waals surface area contributed by atoms with Crippen LogP contribution in [0.25, 0.3) is 0 Å². The molecule has 1 fully saturated rings. The van der Waals surface area contributed by atoms with E-state index in [1.54, 1.807) is 0 Å². The van der Waals surface area contributed by atoms with Crippen LogP contribution < -0.4 is 5.73 Å². The van der Waals surface area contributed by atoms with Crippen LogP contribution in [0.1, 0.15) is 38.5 Å². The van der Waals surface area contributed by atoms with Crippen molar-refractivity contribution in [3.05, 3.63) is 0 Å². The van der Waals surface area contributed by atoms with Crippen molar-refractivity contribution in [1.82, 2.24) is 0 Å². The van der Waals surface area contributed by atoms with Gasteiger partial charge in [0.1, 0.15) is 0 Å². The average molecular weight is 151 g/mol. The molecular formula is C10H17N. The fourth-order valence-corrected chi connectivity index (χ4v) is 1.87. The van der Waals surface area contributed by atoms with Crippen molar-refractivity contribution in [1.29, 1.82) is 0 Å². The van der Waals surface area contributed by atoms with Gasteiger partial charge in [0.2, 0.25) is 0 Å². The van der Waals surface area contributed by atoms with Crippen LogP contribution in [0.15, 0.2) is 0 Å². The Balaban J connectivity index is 2.05. The van der Waals surface area contributed by atoms with Crippen LogP contribution >= 0.6 is 0 Å². The molecule has 62 valence electrons. The van der Waals surface area contributed by atoms with Crippen molar-refractivity contribution < 1.29 is 0 Å². The van der Waals surface area contributed by atoms with Gasteiger partial charge in [-0.25, -0.2) is 0 Å². The van der Waals surface area contributed by atoms with Gasteiger partial charge >= 0.3 is 0 Å². The van der Waals surface area contributed by atoms with Crippen molar-refractivity contribution in [3.63, 3.8) is 0 Å². The Morgan fingerprint density at radius 3 is 2.82 bits per heavy atom. The van der Waals surface area contributed by atoms with Crippen LogP contribution in [-0.2, 0) is 0 Å². The van der Waals surface area contributed by atoms with Crippen LogP contribution in [0.5, 0.6) is 0 Å². The van der Waals surface area contributed by atoms with Crippen molar-refractivity contribution in [2.24, 2.45) is 11.7 Å². The Hall–Kier alpha value is -0.480. The highest BCUT2D eigenvalue weighted by Gasteiger charge is 2.20. The van der Waals surface area contributed by atoms with Gasteiger partial charge < -0.3 is 5.73 Å². The first kappa shape index (κ1) is 8.62. The molecule has 1 aliphatic rings. The van der Waals surface area contributed by atoms with Crippen molar-refractivity contribution in [3.8, 4) is 12.3 Å². The first-order valence-electron chi connectivity index (χ1n) is 4.52. The molecule has 0 heterocycles. The van der Waals surface area contributed by atoms with Gasteiger partial charge in [0.05, 0.1) is 0 Å². The Kier molecular flexibility index (Phi) is 3.45. The van der Waals surface area contributed by atoms with E-state index in [4.69, 9.17) is 12.2 Å². The average Bonchev–Trinajstić information content (AvgIpc) is 2.37. The third-order valence-corrected chi connectivity index (χ3v) is 2.52. The van der Waals surface area contributed by atoms with E-state index in [-0.39, 0.29) is 0 Å². The quantitative estimate of drug-likeness (QED) is 0.484. The van der Waals surface area contributed by atoms with Gasteiger partial charge in [-0.1, -0.05) is 0 Å². The van der Waals surface area contributed by atoms with Gasteiger partial charge in [0.15, 0.2) is 0 Å². The summed E-state index contributed by atoms with van der Waals surface area (Å²) in [4.78, 5) is 0. The first-order valence-corrected chi connectivity index (χ1v) is 4.52. The second kappa shape index (κ2) is 4.41. The Morgan fingerprint density at radius 2 is 2.27 bits per heavy atom. The molecule has 0 saturated heterocycles. The maximum Gasteiger partial charge on any atom is 0.00861 e. The van der Waals surface area contributed by atoms with Gasteiger partial charge in [-0.3, -0.25) is 0 Å². The Labute approximate surface area is 69.4 Å². The van der Waals surface area contributed by atoms with Gasteiger partial charge in [-0.15, -0.1) is 12.3 Å². The third kappa shape index (κ3) is 2.95. The molecule has 0 radical (unpaired) electrons. The molecule has 2 unspecified atom stereocenters. The second-order valence-electron chi connectivity index (χ2n) is 3.54. The number of terminal acetylenes is 1. The smallest absolute Gasteiger partial charge is 0.00861 e. The summed E-state index contributed by atoms with van der Waals surface area (Å²) in [6.45, 7) is 0. The predicted molar refractivity (Wildman–Crippen MR) is 48.0 cm³/mol. The zero-order valence-electron chi connectivity index (χ0n) is 7.05. The van der Waals surface area contributed by atoms with Gasteiger partial charge in [0, 0.05) is 12.5 Å². The summed E-state index contributed by atoms with van der Waals surface area (Å²) in [6.07, 6.45) is 12.4. The highest BCUT2D eigenvalue weighted by molar-refractivity contribution is 4.84. The molecule has 0 aliphatic heterocycles. The van der Waals surface area contributed by atoms with Gasteiger partial charge in [0.25, 0.3) is 0 Å². The molecule has 2 N–H and O–H groups in total. The Morgan fingerprint density at radius 1 is 1.45 bits per heavy atom. The van der Waals surface area contributed by atoms with E-state index in [9.17, 15) is 0 Å². The van der Waals surface area contributed by atoms with E-state index in [1.807, 2.05) is 0 Å². The molecule has 1 heteroatoms. The summed E-state index contributed by atoms with van der Waals surface area (Å²) >= 11 is 0. The van der Waals surface area contributed by atoms with Crippen LogP contribution in [0.3, 0.4) is 0 Å². The molecule has 11 heavy (non-hydrogen) atoms. The number of nitrogens with two attached hydrogens (primary N) is 1.